The molecular weight excluding hydrogens is 275 g/mol. The van der Waals surface area contributed by atoms with Gasteiger partial charge in [-0.25, -0.2) is 0 Å². The van der Waals surface area contributed by atoms with E-state index in [-0.39, 0.29) is 21.3 Å². The molecule has 0 amide bonds. The second-order valence-corrected chi connectivity index (χ2v) is 4.13. The Morgan fingerprint density at radius 1 is 1.47 bits per heavy atom. The molecule has 0 bridgehead atoms. The predicted molar refractivity (Wildman–Crippen MR) is 63.5 cm³/mol. The Bertz CT molecular complexity index is 436. The molecule has 0 heterocycles. The van der Waals surface area contributed by atoms with Crippen molar-refractivity contribution in [2.45, 2.75) is 19.2 Å². The van der Waals surface area contributed by atoms with Crippen molar-refractivity contribution in [1.82, 2.24) is 0 Å². The van der Waals surface area contributed by atoms with Crippen molar-refractivity contribution >= 4 is 28.8 Å². The Morgan fingerprint density at radius 2 is 2.06 bits per heavy atom. The van der Waals surface area contributed by atoms with E-state index in [4.69, 9.17) is 34.3 Å². The van der Waals surface area contributed by atoms with E-state index in [1.807, 2.05) is 0 Å². The highest BCUT2D eigenvalue weighted by molar-refractivity contribution is 7.80. The van der Waals surface area contributed by atoms with Gasteiger partial charge in [-0.3, -0.25) is 0 Å². The lowest BCUT2D eigenvalue weighted by Gasteiger charge is -2.19. The summed E-state index contributed by atoms with van der Waals surface area (Å²) in [7, 11) is 0. The van der Waals surface area contributed by atoms with E-state index in [1.165, 1.54) is 18.2 Å². The zero-order valence-electron chi connectivity index (χ0n) is 8.72. The SMILES string of the molecule is CC(Oc1cccc(Cl)c1C(N)=S)C(F)(F)F. The Labute approximate surface area is 107 Å². The third-order valence-corrected chi connectivity index (χ3v) is 2.51. The molecule has 0 aromatic heterocycles. The fourth-order valence-electron chi connectivity index (χ4n) is 1.10. The maximum atomic E-state index is 12.3. The average molecular weight is 284 g/mol. The van der Waals surface area contributed by atoms with E-state index in [0.717, 1.165) is 6.92 Å². The molecule has 0 aliphatic heterocycles. The smallest absolute Gasteiger partial charge is 0.425 e. The second-order valence-electron chi connectivity index (χ2n) is 3.28. The van der Waals surface area contributed by atoms with Gasteiger partial charge < -0.3 is 10.5 Å². The molecule has 0 saturated carbocycles. The van der Waals surface area contributed by atoms with Crippen LogP contribution in [0.25, 0.3) is 0 Å². The summed E-state index contributed by atoms with van der Waals surface area (Å²) >= 11 is 10.5. The normalized spacial score (nSPS) is 13.2. The van der Waals surface area contributed by atoms with Gasteiger partial charge in [0.05, 0.1) is 10.6 Å². The van der Waals surface area contributed by atoms with Crippen LogP contribution in [-0.2, 0) is 0 Å². The summed E-state index contributed by atoms with van der Waals surface area (Å²) in [6, 6.07) is 4.27. The van der Waals surface area contributed by atoms with Crippen LogP contribution >= 0.6 is 23.8 Å². The molecule has 2 N–H and O–H groups in total. The fraction of sp³-hybridized carbons (Fsp3) is 0.300. The van der Waals surface area contributed by atoms with Gasteiger partial charge in [0.15, 0.2) is 6.10 Å². The van der Waals surface area contributed by atoms with Crippen LogP contribution in [0, 0.1) is 0 Å². The highest BCUT2D eigenvalue weighted by atomic mass is 35.5. The number of halogens is 4. The van der Waals surface area contributed by atoms with Crippen LogP contribution in [0.1, 0.15) is 12.5 Å². The largest absolute Gasteiger partial charge is 0.480 e. The number of hydrogen-bond acceptors (Lipinski definition) is 2. The molecular formula is C10H9ClF3NOS. The fourth-order valence-corrected chi connectivity index (χ4v) is 1.63. The van der Waals surface area contributed by atoms with Crippen LogP contribution in [0.2, 0.25) is 5.02 Å². The van der Waals surface area contributed by atoms with Gasteiger partial charge in [-0.2, -0.15) is 13.2 Å². The molecule has 0 aliphatic rings. The Hall–Kier alpha value is -1.01. The van der Waals surface area contributed by atoms with Crippen LogP contribution in [0.5, 0.6) is 5.75 Å². The molecule has 1 aromatic carbocycles. The monoisotopic (exact) mass is 283 g/mol. The van der Waals surface area contributed by atoms with Crippen LogP contribution in [-0.4, -0.2) is 17.3 Å². The Balaban J connectivity index is 3.07. The van der Waals surface area contributed by atoms with E-state index in [1.54, 1.807) is 0 Å². The standard InChI is InChI=1S/C10H9ClF3NOS/c1-5(10(12,13)14)16-7-4-2-3-6(11)8(7)9(15)17/h2-5H,1H3,(H2,15,17). The number of benzene rings is 1. The number of alkyl halides is 3. The first kappa shape index (κ1) is 14.1. The predicted octanol–water partition coefficient (Wildman–Crippen LogP) is 3.30. The van der Waals surface area contributed by atoms with Crippen LogP contribution in [0.4, 0.5) is 13.2 Å². The molecule has 17 heavy (non-hydrogen) atoms. The number of nitrogens with two attached hydrogens (primary N) is 1. The minimum absolute atomic E-state index is 0.0742. The summed E-state index contributed by atoms with van der Waals surface area (Å²) < 4.78 is 41.8. The Morgan fingerprint density at radius 3 is 2.53 bits per heavy atom. The quantitative estimate of drug-likeness (QED) is 0.865. The van der Waals surface area contributed by atoms with Crippen molar-refractivity contribution in [1.29, 1.82) is 0 Å². The van der Waals surface area contributed by atoms with Gasteiger partial charge >= 0.3 is 6.18 Å². The van der Waals surface area contributed by atoms with Gasteiger partial charge in [0.1, 0.15) is 10.7 Å². The van der Waals surface area contributed by atoms with Gasteiger partial charge in [0.2, 0.25) is 0 Å². The Kier molecular flexibility index (Phi) is 4.21. The lowest BCUT2D eigenvalue weighted by molar-refractivity contribution is -0.189. The molecule has 0 spiro atoms. The van der Waals surface area contributed by atoms with E-state index in [0.29, 0.717) is 0 Å². The summed E-state index contributed by atoms with van der Waals surface area (Å²) in [6.07, 6.45) is -6.43. The van der Waals surface area contributed by atoms with E-state index in [9.17, 15) is 13.2 Å². The summed E-state index contributed by atoms with van der Waals surface area (Å²) in [5, 5.41) is 0.157. The highest BCUT2D eigenvalue weighted by Gasteiger charge is 2.38. The number of ether oxygens (including phenoxy) is 1. The van der Waals surface area contributed by atoms with E-state index in [2.05, 4.69) is 0 Å². The summed E-state index contributed by atoms with van der Waals surface area (Å²) in [5.74, 6) is -0.0742. The topological polar surface area (TPSA) is 35.2 Å². The third-order valence-electron chi connectivity index (χ3n) is 1.99. The molecule has 1 atom stereocenters. The lowest BCUT2D eigenvalue weighted by atomic mass is 10.2. The maximum absolute atomic E-state index is 12.3. The molecule has 0 saturated heterocycles. The van der Waals surface area contributed by atoms with E-state index >= 15 is 0 Å². The van der Waals surface area contributed by atoms with Crippen molar-refractivity contribution in [3.8, 4) is 5.75 Å². The number of rotatable bonds is 3. The van der Waals surface area contributed by atoms with Crippen molar-refractivity contribution in [2.24, 2.45) is 5.73 Å². The van der Waals surface area contributed by atoms with Crippen molar-refractivity contribution in [2.75, 3.05) is 0 Å². The summed E-state index contributed by atoms with van der Waals surface area (Å²) in [6.45, 7) is 0.893. The van der Waals surface area contributed by atoms with Crippen LogP contribution in [0.3, 0.4) is 0 Å². The molecule has 1 aromatic rings. The van der Waals surface area contributed by atoms with Crippen LogP contribution in [0.15, 0.2) is 18.2 Å². The molecule has 0 fully saturated rings. The van der Waals surface area contributed by atoms with Crippen molar-refractivity contribution < 1.29 is 17.9 Å². The molecule has 0 radical (unpaired) electrons. The van der Waals surface area contributed by atoms with Crippen LogP contribution < -0.4 is 10.5 Å². The molecule has 1 rings (SSSR count). The van der Waals surface area contributed by atoms with Gasteiger partial charge in [-0.15, -0.1) is 0 Å². The van der Waals surface area contributed by atoms with Gasteiger partial charge in [-0.05, 0) is 19.1 Å². The first-order chi connectivity index (χ1) is 7.73. The average Bonchev–Trinajstić information content (AvgIpc) is 2.15. The number of thiocarbonyl (C=S) groups is 1. The maximum Gasteiger partial charge on any atom is 0.425 e. The van der Waals surface area contributed by atoms with Crippen molar-refractivity contribution in [3.63, 3.8) is 0 Å². The molecule has 2 nitrogen and oxygen atoms in total. The van der Waals surface area contributed by atoms with Gasteiger partial charge in [0.25, 0.3) is 0 Å². The zero-order chi connectivity index (χ0) is 13.2. The number of hydrogen-bond donors (Lipinski definition) is 1. The van der Waals surface area contributed by atoms with Gasteiger partial charge in [0, 0.05) is 0 Å². The molecule has 1 unspecified atom stereocenters. The highest BCUT2D eigenvalue weighted by Crippen LogP contribution is 2.30. The van der Waals surface area contributed by atoms with Crippen molar-refractivity contribution in [3.05, 3.63) is 28.8 Å². The first-order valence-corrected chi connectivity index (χ1v) is 5.33. The molecule has 94 valence electrons. The summed E-state index contributed by atoms with van der Waals surface area (Å²) in [5.41, 5.74) is 5.50. The first-order valence-electron chi connectivity index (χ1n) is 4.55. The lowest BCUT2D eigenvalue weighted by Crippen LogP contribution is -2.32. The van der Waals surface area contributed by atoms with Gasteiger partial charge in [-0.1, -0.05) is 29.9 Å². The third kappa shape index (κ3) is 3.47. The summed E-state index contributed by atoms with van der Waals surface area (Å²) in [4.78, 5) is -0.111. The second kappa shape index (κ2) is 5.10. The minimum atomic E-state index is -4.46. The van der Waals surface area contributed by atoms with E-state index < -0.39 is 12.3 Å². The zero-order valence-corrected chi connectivity index (χ0v) is 10.3. The molecule has 0 aliphatic carbocycles. The molecule has 7 heteroatoms. The minimum Gasteiger partial charge on any atom is -0.480 e.